The largest absolute Gasteiger partial charge is 0.470 e. The van der Waals surface area contributed by atoms with Crippen LogP contribution in [0.5, 0.6) is 0 Å². The summed E-state index contributed by atoms with van der Waals surface area (Å²) in [5.41, 5.74) is -0.0203. The highest BCUT2D eigenvalue weighted by atomic mass is 19.4. The molecule has 9 heteroatoms. The first kappa shape index (κ1) is 16.4. The first-order valence-electron chi connectivity index (χ1n) is 7.30. The minimum absolute atomic E-state index is 0.0203. The number of nitrogens with zero attached hydrogens (tertiary/aromatic N) is 3. The maximum Gasteiger partial charge on any atom is 0.470 e. The maximum atomic E-state index is 13.7. The van der Waals surface area contributed by atoms with E-state index in [0.29, 0.717) is 12.8 Å². The minimum Gasteiger partial charge on any atom is -0.417 e. The van der Waals surface area contributed by atoms with E-state index in [0.717, 1.165) is 0 Å². The summed E-state index contributed by atoms with van der Waals surface area (Å²) in [6.45, 7) is 0.559. The summed E-state index contributed by atoms with van der Waals surface area (Å²) in [5, 5.41) is 6.45. The fraction of sp³-hybridized carbons (Fsp3) is 0.400. The lowest BCUT2D eigenvalue weighted by Crippen LogP contribution is -2.38. The summed E-state index contributed by atoms with van der Waals surface area (Å²) in [6, 6.07) is 5.67. The number of rotatable bonds is 2. The van der Waals surface area contributed by atoms with Gasteiger partial charge < -0.3 is 9.32 Å². The van der Waals surface area contributed by atoms with Crippen LogP contribution in [0, 0.1) is 5.82 Å². The van der Waals surface area contributed by atoms with Crippen molar-refractivity contribution in [2.75, 3.05) is 13.1 Å². The van der Waals surface area contributed by atoms with Gasteiger partial charge in [-0.05, 0) is 25.0 Å². The zero-order valence-corrected chi connectivity index (χ0v) is 12.4. The van der Waals surface area contributed by atoms with Gasteiger partial charge in [-0.15, -0.1) is 10.2 Å². The molecule has 0 N–H and O–H groups in total. The Morgan fingerprint density at radius 2 is 1.83 bits per heavy atom. The van der Waals surface area contributed by atoms with E-state index in [4.69, 9.17) is 0 Å². The molecule has 1 fully saturated rings. The van der Waals surface area contributed by atoms with Crippen molar-refractivity contribution in [3.63, 3.8) is 0 Å². The van der Waals surface area contributed by atoms with E-state index in [2.05, 4.69) is 14.6 Å². The van der Waals surface area contributed by atoms with Crippen LogP contribution in [0.15, 0.2) is 28.7 Å². The van der Waals surface area contributed by atoms with E-state index >= 15 is 0 Å². The molecule has 128 valence electrons. The van der Waals surface area contributed by atoms with E-state index in [1.807, 2.05) is 0 Å². The van der Waals surface area contributed by atoms with Crippen molar-refractivity contribution in [2.24, 2.45) is 0 Å². The average Bonchev–Trinajstić information content (AvgIpc) is 3.05. The number of hydrogen-bond acceptors (Lipinski definition) is 4. The molecule has 0 radical (unpaired) electrons. The molecule has 2 aromatic rings. The maximum absolute atomic E-state index is 13.7. The molecule has 1 aromatic carbocycles. The molecule has 0 spiro atoms. The number of hydrogen-bond donors (Lipinski definition) is 0. The van der Waals surface area contributed by atoms with Crippen molar-refractivity contribution in [2.45, 2.75) is 24.9 Å². The monoisotopic (exact) mass is 343 g/mol. The van der Waals surface area contributed by atoms with E-state index in [1.165, 1.54) is 23.1 Å². The number of benzene rings is 1. The van der Waals surface area contributed by atoms with Crippen molar-refractivity contribution >= 4 is 5.91 Å². The molecular weight excluding hydrogens is 330 g/mol. The molecule has 1 aromatic heterocycles. The highest BCUT2D eigenvalue weighted by molar-refractivity contribution is 5.94. The number of likely N-dealkylation sites (tertiary alicyclic amines) is 1. The lowest BCUT2D eigenvalue weighted by Gasteiger charge is -2.30. The molecule has 1 saturated heterocycles. The lowest BCUT2D eigenvalue weighted by atomic mass is 9.96. The number of halogens is 4. The number of carbonyl (C=O) groups excluding carboxylic acids is 1. The van der Waals surface area contributed by atoms with Crippen molar-refractivity contribution < 1.29 is 26.8 Å². The molecule has 5 nitrogen and oxygen atoms in total. The van der Waals surface area contributed by atoms with E-state index in [1.54, 1.807) is 6.07 Å². The van der Waals surface area contributed by atoms with Crippen LogP contribution in [-0.4, -0.2) is 34.1 Å². The number of piperidine rings is 1. The topological polar surface area (TPSA) is 59.2 Å². The predicted molar refractivity (Wildman–Crippen MR) is 73.6 cm³/mol. The number of aromatic nitrogens is 2. The Morgan fingerprint density at radius 1 is 1.17 bits per heavy atom. The quantitative estimate of drug-likeness (QED) is 0.786. The third-order valence-corrected chi connectivity index (χ3v) is 3.92. The molecule has 2 heterocycles. The lowest BCUT2D eigenvalue weighted by molar-refractivity contribution is -0.157. The van der Waals surface area contributed by atoms with Gasteiger partial charge in [-0.1, -0.05) is 12.1 Å². The zero-order valence-electron chi connectivity index (χ0n) is 12.4. The Balaban J connectivity index is 1.65. The second-order valence-electron chi connectivity index (χ2n) is 5.49. The first-order chi connectivity index (χ1) is 11.4. The van der Waals surface area contributed by atoms with Crippen molar-refractivity contribution in [1.82, 2.24) is 15.1 Å². The normalized spacial score (nSPS) is 16.4. The van der Waals surface area contributed by atoms with Gasteiger partial charge in [0.05, 0.1) is 5.56 Å². The Kier molecular flexibility index (Phi) is 4.25. The van der Waals surface area contributed by atoms with Gasteiger partial charge in [-0.3, -0.25) is 4.79 Å². The standard InChI is InChI=1S/C15H13F4N3O2/c16-11-4-2-1-3-10(11)13(23)22-7-5-9(6-8-22)12-20-21-14(24-12)15(17,18)19/h1-4,9H,5-8H2. The summed E-state index contributed by atoms with van der Waals surface area (Å²) in [6.07, 6.45) is -3.92. The minimum atomic E-state index is -4.67. The summed E-state index contributed by atoms with van der Waals surface area (Å²) in [4.78, 5) is 13.8. The number of alkyl halides is 3. The van der Waals surface area contributed by atoms with Crippen LogP contribution in [0.3, 0.4) is 0 Å². The van der Waals surface area contributed by atoms with Gasteiger partial charge in [-0.2, -0.15) is 13.2 Å². The molecule has 3 rings (SSSR count). The van der Waals surface area contributed by atoms with Gasteiger partial charge in [0.1, 0.15) is 5.82 Å². The highest BCUT2D eigenvalue weighted by Gasteiger charge is 2.39. The van der Waals surface area contributed by atoms with Gasteiger partial charge in [-0.25, -0.2) is 4.39 Å². The van der Waals surface area contributed by atoms with Crippen LogP contribution in [0.25, 0.3) is 0 Å². The molecule has 0 bridgehead atoms. The first-order valence-corrected chi connectivity index (χ1v) is 7.30. The molecule has 0 atom stereocenters. The van der Waals surface area contributed by atoms with Gasteiger partial charge >= 0.3 is 12.1 Å². The van der Waals surface area contributed by atoms with Crippen molar-refractivity contribution in [3.8, 4) is 0 Å². The molecule has 1 aliphatic rings. The molecular formula is C15H13F4N3O2. The third-order valence-electron chi connectivity index (χ3n) is 3.92. The molecule has 0 unspecified atom stereocenters. The predicted octanol–water partition coefficient (Wildman–Crippen LogP) is 3.25. The molecule has 1 aliphatic heterocycles. The average molecular weight is 343 g/mol. The molecule has 1 amide bonds. The van der Waals surface area contributed by atoms with Gasteiger partial charge in [0.25, 0.3) is 5.91 Å². The third kappa shape index (κ3) is 3.24. The smallest absolute Gasteiger partial charge is 0.417 e. The van der Waals surface area contributed by atoms with E-state index in [9.17, 15) is 22.4 Å². The van der Waals surface area contributed by atoms with Crippen LogP contribution in [0.4, 0.5) is 17.6 Å². The highest BCUT2D eigenvalue weighted by Crippen LogP contribution is 2.32. The molecule has 0 saturated carbocycles. The molecule has 0 aliphatic carbocycles. The number of amides is 1. The van der Waals surface area contributed by atoms with Crippen molar-refractivity contribution in [3.05, 3.63) is 47.4 Å². The van der Waals surface area contributed by atoms with Crippen LogP contribution < -0.4 is 0 Å². The van der Waals surface area contributed by atoms with Crippen molar-refractivity contribution in [1.29, 1.82) is 0 Å². The van der Waals surface area contributed by atoms with Crippen LogP contribution in [0.1, 0.15) is 40.9 Å². The van der Waals surface area contributed by atoms with Gasteiger partial charge in [0, 0.05) is 19.0 Å². The Morgan fingerprint density at radius 3 is 2.42 bits per heavy atom. The van der Waals surface area contributed by atoms with Crippen LogP contribution >= 0.6 is 0 Å². The number of carbonyl (C=O) groups is 1. The van der Waals surface area contributed by atoms with Gasteiger partial charge in [0.15, 0.2) is 0 Å². The summed E-state index contributed by atoms with van der Waals surface area (Å²) in [7, 11) is 0. The van der Waals surface area contributed by atoms with Crippen LogP contribution in [-0.2, 0) is 6.18 Å². The fourth-order valence-corrected chi connectivity index (χ4v) is 2.65. The Hall–Kier alpha value is -2.45. The Labute approximate surface area is 134 Å². The molecule has 24 heavy (non-hydrogen) atoms. The Bertz CT molecular complexity index is 736. The van der Waals surface area contributed by atoms with Crippen LogP contribution in [0.2, 0.25) is 0 Å². The zero-order chi connectivity index (χ0) is 17.3. The second kappa shape index (κ2) is 6.21. The summed E-state index contributed by atoms with van der Waals surface area (Å²) >= 11 is 0. The summed E-state index contributed by atoms with van der Waals surface area (Å²) < 4.78 is 55.8. The van der Waals surface area contributed by atoms with E-state index < -0.39 is 23.8 Å². The summed E-state index contributed by atoms with van der Waals surface area (Å²) in [5.74, 6) is -2.84. The van der Waals surface area contributed by atoms with Gasteiger partial charge in [0.2, 0.25) is 5.89 Å². The van der Waals surface area contributed by atoms with E-state index in [-0.39, 0.29) is 30.5 Å². The fourth-order valence-electron chi connectivity index (χ4n) is 2.65. The second-order valence-corrected chi connectivity index (χ2v) is 5.49. The SMILES string of the molecule is O=C(c1ccccc1F)N1CCC(c2nnc(C(F)(F)F)o2)CC1.